The number of carbonyl (C=O) groups excluding carboxylic acids is 1. The predicted molar refractivity (Wildman–Crippen MR) is 70.0 cm³/mol. The van der Waals surface area contributed by atoms with Crippen molar-refractivity contribution in [3.8, 4) is 11.8 Å². The molecule has 1 aliphatic heterocycles. The zero-order chi connectivity index (χ0) is 12.6. The van der Waals surface area contributed by atoms with Crippen molar-refractivity contribution in [2.24, 2.45) is 0 Å². The summed E-state index contributed by atoms with van der Waals surface area (Å²) in [5, 5.41) is 0. The lowest BCUT2D eigenvalue weighted by Gasteiger charge is -2.26. The van der Waals surface area contributed by atoms with Gasteiger partial charge in [-0.05, 0) is 12.1 Å². The van der Waals surface area contributed by atoms with Crippen molar-refractivity contribution in [2.45, 2.75) is 12.8 Å². The fourth-order valence-electron chi connectivity index (χ4n) is 1.83. The molecule has 0 bridgehead atoms. The minimum absolute atomic E-state index is 0.181. The van der Waals surface area contributed by atoms with Gasteiger partial charge in [-0.15, -0.1) is 0 Å². The zero-order valence-electron chi connectivity index (χ0n) is 10.4. The molecule has 0 unspecified atom stereocenters. The number of nitrogens with zero attached hydrogens (tertiary/aromatic N) is 1. The molecule has 1 amide bonds. The van der Waals surface area contributed by atoms with E-state index in [4.69, 9.17) is 4.74 Å². The van der Waals surface area contributed by atoms with Crippen LogP contribution in [0.25, 0.3) is 0 Å². The van der Waals surface area contributed by atoms with Gasteiger partial charge < -0.3 is 9.64 Å². The van der Waals surface area contributed by atoms with E-state index in [-0.39, 0.29) is 5.91 Å². The second-order valence-corrected chi connectivity index (χ2v) is 4.16. The first-order valence-corrected chi connectivity index (χ1v) is 6.26. The fraction of sp³-hybridized carbons (Fsp3) is 0.400. The third kappa shape index (κ3) is 3.90. The number of hydrogen-bond donors (Lipinski definition) is 0. The van der Waals surface area contributed by atoms with Crippen molar-refractivity contribution in [1.82, 2.24) is 4.90 Å². The van der Waals surface area contributed by atoms with Crippen LogP contribution in [0.3, 0.4) is 0 Å². The summed E-state index contributed by atoms with van der Waals surface area (Å²) in [6.07, 6.45) is 1.12. The Kier molecular flexibility index (Phi) is 4.80. The number of benzene rings is 1. The lowest BCUT2D eigenvalue weighted by atomic mass is 10.2. The Morgan fingerprint density at radius 3 is 2.67 bits per heavy atom. The van der Waals surface area contributed by atoms with E-state index >= 15 is 0 Å². The first-order valence-electron chi connectivity index (χ1n) is 6.26. The average molecular weight is 243 g/mol. The number of ether oxygens (including phenoxy) is 1. The molecule has 2 rings (SSSR count). The van der Waals surface area contributed by atoms with Crippen LogP contribution >= 0.6 is 0 Å². The molecule has 0 saturated carbocycles. The molecule has 3 nitrogen and oxygen atoms in total. The maximum absolute atomic E-state index is 11.8. The van der Waals surface area contributed by atoms with E-state index in [2.05, 4.69) is 11.8 Å². The summed E-state index contributed by atoms with van der Waals surface area (Å²) in [5.74, 6) is 6.28. The quantitative estimate of drug-likeness (QED) is 0.740. The highest BCUT2D eigenvalue weighted by Gasteiger charge is 2.15. The van der Waals surface area contributed by atoms with Crippen molar-refractivity contribution in [2.75, 3.05) is 26.3 Å². The molecule has 0 atom stereocenters. The van der Waals surface area contributed by atoms with Gasteiger partial charge in [-0.25, -0.2) is 0 Å². The standard InChI is InChI=1S/C15H17NO2/c17-15(16-10-12-18-13-11-16)9-5-4-8-14-6-2-1-3-7-14/h1-3,6-7H,5,9-13H2. The van der Waals surface area contributed by atoms with E-state index in [1.165, 1.54) is 0 Å². The van der Waals surface area contributed by atoms with Gasteiger partial charge in [0.15, 0.2) is 0 Å². The Morgan fingerprint density at radius 1 is 1.22 bits per heavy atom. The van der Waals surface area contributed by atoms with Gasteiger partial charge in [0.25, 0.3) is 0 Å². The minimum Gasteiger partial charge on any atom is -0.378 e. The lowest BCUT2D eigenvalue weighted by Crippen LogP contribution is -2.40. The van der Waals surface area contributed by atoms with Crippen LogP contribution in [0.2, 0.25) is 0 Å². The Labute approximate surface area is 108 Å². The molecular weight excluding hydrogens is 226 g/mol. The smallest absolute Gasteiger partial charge is 0.223 e. The molecule has 1 fully saturated rings. The largest absolute Gasteiger partial charge is 0.378 e. The average Bonchev–Trinajstić information content (AvgIpc) is 2.45. The van der Waals surface area contributed by atoms with Gasteiger partial charge in [-0.1, -0.05) is 30.0 Å². The second kappa shape index (κ2) is 6.83. The highest BCUT2D eigenvalue weighted by atomic mass is 16.5. The summed E-state index contributed by atoms with van der Waals surface area (Å²) < 4.78 is 5.21. The van der Waals surface area contributed by atoms with Crippen molar-refractivity contribution in [3.05, 3.63) is 35.9 Å². The van der Waals surface area contributed by atoms with Crippen molar-refractivity contribution in [3.63, 3.8) is 0 Å². The maximum atomic E-state index is 11.8. The minimum atomic E-state index is 0.181. The van der Waals surface area contributed by atoms with Crippen LogP contribution in [-0.4, -0.2) is 37.1 Å². The third-order valence-electron chi connectivity index (χ3n) is 2.83. The Morgan fingerprint density at radius 2 is 1.94 bits per heavy atom. The van der Waals surface area contributed by atoms with Crippen molar-refractivity contribution >= 4 is 5.91 Å². The number of amides is 1. The van der Waals surface area contributed by atoms with Crippen molar-refractivity contribution < 1.29 is 9.53 Å². The summed E-state index contributed by atoms with van der Waals surface area (Å²) >= 11 is 0. The molecule has 1 aliphatic rings. The third-order valence-corrected chi connectivity index (χ3v) is 2.83. The topological polar surface area (TPSA) is 29.5 Å². The van der Waals surface area contributed by atoms with E-state index in [0.29, 0.717) is 39.1 Å². The molecule has 0 aromatic heterocycles. The Balaban J connectivity index is 1.75. The molecule has 1 saturated heterocycles. The lowest BCUT2D eigenvalue weighted by molar-refractivity contribution is -0.135. The number of morpholine rings is 1. The van der Waals surface area contributed by atoms with E-state index in [1.807, 2.05) is 35.2 Å². The van der Waals surface area contributed by atoms with Gasteiger partial charge >= 0.3 is 0 Å². The highest BCUT2D eigenvalue weighted by molar-refractivity contribution is 5.76. The number of carbonyl (C=O) groups is 1. The van der Waals surface area contributed by atoms with E-state index in [0.717, 1.165) is 5.56 Å². The first kappa shape index (κ1) is 12.7. The highest BCUT2D eigenvalue weighted by Crippen LogP contribution is 2.02. The zero-order valence-corrected chi connectivity index (χ0v) is 10.4. The molecule has 1 heterocycles. The molecule has 3 heteroatoms. The molecular formula is C15H17NO2. The molecule has 94 valence electrons. The first-order chi connectivity index (χ1) is 8.86. The van der Waals surface area contributed by atoms with Gasteiger partial charge in [0.1, 0.15) is 0 Å². The normalized spacial score (nSPS) is 14.8. The number of rotatable bonds is 2. The van der Waals surface area contributed by atoms with Gasteiger partial charge in [0.05, 0.1) is 13.2 Å². The molecule has 18 heavy (non-hydrogen) atoms. The second-order valence-electron chi connectivity index (χ2n) is 4.16. The van der Waals surface area contributed by atoms with E-state index < -0.39 is 0 Å². The van der Waals surface area contributed by atoms with Crippen LogP contribution in [0.5, 0.6) is 0 Å². The maximum Gasteiger partial charge on any atom is 0.223 e. The van der Waals surface area contributed by atoms with Gasteiger partial charge in [0.2, 0.25) is 5.91 Å². The van der Waals surface area contributed by atoms with Crippen LogP contribution < -0.4 is 0 Å². The van der Waals surface area contributed by atoms with E-state index in [9.17, 15) is 4.79 Å². The SMILES string of the molecule is O=C(CCC#Cc1ccccc1)N1CCOCC1. The number of hydrogen-bond acceptors (Lipinski definition) is 2. The summed E-state index contributed by atoms with van der Waals surface area (Å²) in [7, 11) is 0. The molecule has 0 spiro atoms. The summed E-state index contributed by atoms with van der Waals surface area (Å²) in [6.45, 7) is 2.73. The summed E-state index contributed by atoms with van der Waals surface area (Å²) in [4.78, 5) is 13.7. The van der Waals surface area contributed by atoms with Gasteiger partial charge in [-0.2, -0.15) is 0 Å². The molecule has 0 aliphatic carbocycles. The molecule has 0 N–H and O–H groups in total. The van der Waals surface area contributed by atoms with Crippen molar-refractivity contribution in [1.29, 1.82) is 0 Å². The van der Waals surface area contributed by atoms with Crippen LogP contribution in [-0.2, 0) is 9.53 Å². The summed E-state index contributed by atoms with van der Waals surface area (Å²) in [6, 6.07) is 9.83. The van der Waals surface area contributed by atoms with Gasteiger partial charge in [-0.3, -0.25) is 4.79 Å². The van der Waals surface area contributed by atoms with Crippen LogP contribution in [0.15, 0.2) is 30.3 Å². The summed E-state index contributed by atoms with van der Waals surface area (Å²) in [5.41, 5.74) is 0.997. The van der Waals surface area contributed by atoms with Crippen LogP contribution in [0, 0.1) is 11.8 Å². The Hall–Kier alpha value is -1.79. The van der Waals surface area contributed by atoms with Crippen LogP contribution in [0.1, 0.15) is 18.4 Å². The van der Waals surface area contributed by atoms with Crippen LogP contribution in [0.4, 0.5) is 0 Å². The fourth-order valence-corrected chi connectivity index (χ4v) is 1.83. The Bertz CT molecular complexity index is 439. The monoisotopic (exact) mass is 243 g/mol. The molecule has 1 aromatic carbocycles. The van der Waals surface area contributed by atoms with Gasteiger partial charge in [0, 0.05) is 31.5 Å². The predicted octanol–water partition coefficient (Wildman–Crippen LogP) is 1.68. The molecule has 0 radical (unpaired) electrons. The molecule has 1 aromatic rings. The van der Waals surface area contributed by atoms with E-state index in [1.54, 1.807) is 0 Å².